The molecule has 2 nitrogen and oxygen atoms in total. The summed E-state index contributed by atoms with van der Waals surface area (Å²) in [4.78, 5) is 2.73. The predicted octanol–water partition coefficient (Wildman–Crippen LogP) is 2.68. The van der Waals surface area contributed by atoms with E-state index in [0.717, 1.165) is 25.2 Å². The lowest BCUT2D eigenvalue weighted by Gasteiger charge is -2.33. The average molecular weight is 211 g/mol. The number of nitrogens with zero attached hydrogens (tertiary/aromatic N) is 1. The number of hydrogen-bond acceptors (Lipinski definition) is 2. The molecule has 0 aliphatic carbocycles. The fraction of sp³-hybridized carbons (Fsp3) is 1.00. The van der Waals surface area contributed by atoms with Gasteiger partial charge in [-0.3, -0.25) is 0 Å². The molecule has 2 heteroatoms. The van der Waals surface area contributed by atoms with Crippen LogP contribution in [0.15, 0.2) is 0 Å². The minimum atomic E-state index is 0.828. The molecular weight excluding hydrogens is 186 g/mol. The minimum absolute atomic E-state index is 0.828. The molecule has 2 rings (SSSR count). The fourth-order valence-corrected chi connectivity index (χ4v) is 3.01. The summed E-state index contributed by atoms with van der Waals surface area (Å²) in [5, 5.41) is 0. The number of hydrogen-bond donors (Lipinski definition) is 0. The first-order chi connectivity index (χ1) is 7.40. The van der Waals surface area contributed by atoms with Crippen molar-refractivity contribution in [2.75, 3.05) is 26.3 Å². The first-order valence-electron chi connectivity index (χ1n) is 6.72. The van der Waals surface area contributed by atoms with Crippen LogP contribution in [0.5, 0.6) is 0 Å². The van der Waals surface area contributed by atoms with E-state index in [1.54, 1.807) is 0 Å². The Kier molecular flexibility index (Phi) is 4.45. The maximum Gasteiger partial charge on any atom is 0.0480 e. The van der Waals surface area contributed by atoms with Gasteiger partial charge in [-0.1, -0.05) is 13.3 Å². The third kappa shape index (κ3) is 3.18. The molecule has 88 valence electrons. The summed E-state index contributed by atoms with van der Waals surface area (Å²) < 4.78 is 5.44. The topological polar surface area (TPSA) is 12.5 Å². The van der Waals surface area contributed by atoms with Gasteiger partial charge in [-0.2, -0.15) is 0 Å². The summed E-state index contributed by atoms with van der Waals surface area (Å²) in [7, 11) is 0. The lowest BCUT2D eigenvalue weighted by molar-refractivity contribution is 0.0349. The van der Waals surface area contributed by atoms with Gasteiger partial charge in [-0.15, -0.1) is 0 Å². The molecule has 0 aromatic heterocycles. The van der Waals surface area contributed by atoms with Crippen LogP contribution in [0.2, 0.25) is 0 Å². The molecule has 2 aliphatic heterocycles. The van der Waals surface area contributed by atoms with Crippen molar-refractivity contribution >= 4 is 0 Å². The molecule has 2 fully saturated rings. The van der Waals surface area contributed by atoms with Gasteiger partial charge in [0.15, 0.2) is 0 Å². The van der Waals surface area contributed by atoms with E-state index in [2.05, 4.69) is 11.8 Å². The molecule has 2 aliphatic rings. The SMILES string of the molecule is CC[C@H]1CCCN(C2CCOCC2)CC1. The standard InChI is InChI=1S/C13H25NO/c1-2-12-4-3-8-14(9-5-12)13-6-10-15-11-7-13/h12-13H,2-11H2,1H3/t12-/m0/s1. The van der Waals surface area contributed by atoms with E-state index < -0.39 is 0 Å². The smallest absolute Gasteiger partial charge is 0.0480 e. The summed E-state index contributed by atoms with van der Waals surface area (Å²) in [5.74, 6) is 0.995. The fourth-order valence-electron chi connectivity index (χ4n) is 3.01. The molecule has 0 radical (unpaired) electrons. The predicted molar refractivity (Wildman–Crippen MR) is 63.0 cm³/mol. The third-order valence-corrected chi connectivity index (χ3v) is 4.17. The van der Waals surface area contributed by atoms with Crippen molar-refractivity contribution in [2.24, 2.45) is 5.92 Å². The molecule has 0 aromatic carbocycles. The zero-order chi connectivity index (χ0) is 10.5. The van der Waals surface area contributed by atoms with Gasteiger partial charge in [0.1, 0.15) is 0 Å². The Hall–Kier alpha value is -0.0800. The van der Waals surface area contributed by atoms with Crippen molar-refractivity contribution in [1.82, 2.24) is 4.90 Å². The molecule has 0 saturated carbocycles. The summed E-state index contributed by atoms with van der Waals surface area (Å²) in [5.41, 5.74) is 0. The number of ether oxygens (including phenoxy) is 1. The molecule has 15 heavy (non-hydrogen) atoms. The minimum Gasteiger partial charge on any atom is -0.381 e. The van der Waals surface area contributed by atoms with Gasteiger partial charge in [0, 0.05) is 19.3 Å². The lowest BCUT2D eigenvalue weighted by atomic mass is 9.98. The Labute approximate surface area is 94.0 Å². The van der Waals surface area contributed by atoms with E-state index in [4.69, 9.17) is 4.74 Å². The second kappa shape index (κ2) is 5.86. The van der Waals surface area contributed by atoms with Gasteiger partial charge in [0.05, 0.1) is 0 Å². The highest BCUT2D eigenvalue weighted by atomic mass is 16.5. The van der Waals surface area contributed by atoms with E-state index in [0.29, 0.717) is 0 Å². The van der Waals surface area contributed by atoms with Gasteiger partial charge in [0.25, 0.3) is 0 Å². The van der Waals surface area contributed by atoms with Crippen LogP contribution in [0.4, 0.5) is 0 Å². The van der Waals surface area contributed by atoms with Crippen LogP contribution in [0.1, 0.15) is 45.4 Å². The maximum absolute atomic E-state index is 5.44. The molecule has 1 atom stereocenters. The summed E-state index contributed by atoms with van der Waals surface area (Å²) in [6, 6.07) is 0.828. The van der Waals surface area contributed by atoms with Gasteiger partial charge in [-0.05, 0) is 51.1 Å². The zero-order valence-electron chi connectivity index (χ0n) is 10.1. The van der Waals surface area contributed by atoms with Crippen LogP contribution in [0.3, 0.4) is 0 Å². The lowest BCUT2D eigenvalue weighted by Crippen LogP contribution is -2.40. The molecular formula is C13H25NO. The average Bonchev–Trinajstić information content (AvgIpc) is 2.55. The van der Waals surface area contributed by atoms with Crippen molar-refractivity contribution in [1.29, 1.82) is 0 Å². The molecule has 0 spiro atoms. The molecule has 0 bridgehead atoms. The van der Waals surface area contributed by atoms with Crippen LogP contribution in [-0.2, 0) is 4.74 Å². The summed E-state index contributed by atoms with van der Waals surface area (Å²) >= 11 is 0. The van der Waals surface area contributed by atoms with Crippen molar-refractivity contribution in [3.8, 4) is 0 Å². The van der Waals surface area contributed by atoms with Crippen molar-refractivity contribution in [3.05, 3.63) is 0 Å². The van der Waals surface area contributed by atoms with Gasteiger partial charge < -0.3 is 9.64 Å². The molecule has 0 N–H and O–H groups in total. The highest BCUT2D eigenvalue weighted by Gasteiger charge is 2.23. The molecule has 0 aromatic rings. The van der Waals surface area contributed by atoms with Crippen LogP contribution in [-0.4, -0.2) is 37.2 Å². The largest absolute Gasteiger partial charge is 0.381 e. The van der Waals surface area contributed by atoms with Gasteiger partial charge >= 0.3 is 0 Å². The monoisotopic (exact) mass is 211 g/mol. The number of rotatable bonds is 2. The molecule has 2 heterocycles. The Morgan fingerprint density at radius 3 is 2.60 bits per heavy atom. The van der Waals surface area contributed by atoms with E-state index in [1.807, 2.05) is 0 Å². The van der Waals surface area contributed by atoms with E-state index in [9.17, 15) is 0 Å². The normalized spacial score (nSPS) is 31.4. The summed E-state index contributed by atoms with van der Waals surface area (Å²) in [6.07, 6.45) is 8.19. The van der Waals surface area contributed by atoms with Crippen LogP contribution < -0.4 is 0 Å². The highest BCUT2D eigenvalue weighted by molar-refractivity contribution is 4.78. The van der Waals surface area contributed by atoms with Crippen LogP contribution >= 0.6 is 0 Å². The first-order valence-corrected chi connectivity index (χ1v) is 6.72. The summed E-state index contributed by atoms with van der Waals surface area (Å²) in [6.45, 7) is 6.98. The van der Waals surface area contributed by atoms with Crippen molar-refractivity contribution < 1.29 is 4.74 Å². The van der Waals surface area contributed by atoms with Crippen molar-refractivity contribution in [3.63, 3.8) is 0 Å². The van der Waals surface area contributed by atoms with Crippen LogP contribution in [0.25, 0.3) is 0 Å². The highest BCUT2D eigenvalue weighted by Crippen LogP contribution is 2.24. The van der Waals surface area contributed by atoms with Crippen LogP contribution in [0, 0.1) is 5.92 Å². The molecule has 0 amide bonds. The third-order valence-electron chi connectivity index (χ3n) is 4.17. The van der Waals surface area contributed by atoms with E-state index in [1.165, 1.54) is 51.6 Å². The quantitative estimate of drug-likeness (QED) is 0.696. The maximum atomic E-state index is 5.44. The van der Waals surface area contributed by atoms with Gasteiger partial charge in [-0.25, -0.2) is 0 Å². The Morgan fingerprint density at radius 1 is 1.07 bits per heavy atom. The Balaban J connectivity index is 1.81. The Bertz CT molecular complexity index is 177. The second-order valence-electron chi connectivity index (χ2n) is 5.08. The Morgan fingerprint density at radius 2 is 1.87 bits per heavy atom. The second-order valence-corrected chi connectivity index (χ2v) is 5.08. The zero-order valence-corrected chi connectivity index (χ0v) is 10.1. The van der Waals surface area contributed by atoms with Crippen molar-refractivity contribution in [2.45, 2.75) is 51.5 Å². The number of likely N-dealkylation sites (tertiary alicyclic amines) is 1. The van der Waals surface area contributed by atoms with E-state index in [-0.39, 0.29) is 0 Å². The first kappa shape index (κ1) is 11.4. The molecule has 0 unspecified atom stereocenters. The molecule has 2 saturated heterocycles. The van der Waals surface area contributed by atoms with Gasteiger partial charge in [0.2, 0.25) is 0 Å². The van der Waals surface area contributed by atoms with E-state index >= 15 is 0 Å².